The highest BCUT2D eigenvalue weighted by Gasteiger charge is 2.28. The van der Waals surface area contributed by atoms with Crippen molar-refractivity contribution in [2.24, 2.45) is 5.41 Å². The number of aromatic nitrogens is 2. The van der Waals surface area contributed by atoms with Gasteiger partial charge < -0.3 is 9.26 Å². The first kappa shape index (κ1) is 15.6. The second-order valence-corrected chi connectivity index (χ2v) is 5.06. The Hall–Kier alpha value is -1.44. The Labute approximate surface area is 108 Å². The Morgan fingerprint density at radius 3 is 2.47 bits per heavy atom. The Morgan fingerprint density at radius 2 is 1.95 bits per heavy atom. The molecular weight excluding hydrogens is 265 g/mol. The zero-order chi connectivity index (χ0) is 14.7. The molecule has 8 heteroatoms. The summed E-state index contributed by atoms with van der Waals surface area (Å²) in [6, 6.07) is 0. The summed E-state index contributed by atoms with van der Waals surface area (Å²) in [7, 11) is 0. The third-order valence-electron chi connectivity index (χ3n) is 2.16. The number of hydrogen-bond donors (Lipinski definition) is 0. The Bertz CT molecular complexity index is 435. The number of nitrogens with zero attached hydrogens (tertiary/aromatic N) is 2. The second kappa shape index (κ2) is 5.68. The van der Waals surface area contributed by atoms with Gasteiger partial charge in [0, 0.05) is 5.41 Å². The van der Waals surface area contributed by atoms with E-state index in [-0.39, 0.29) is 23.9 Å². The molecule has 1 rings (SSSR count). The Morgan fingerprint density at radius 1 is 1.32 bits per heavy atom. The molecule has 0 saturated carbocycles. The van der Waals surface area contributed by atoms with Gasteiger partial charge in [-0.25, -0.2) is 0 Å². The standard InChI is InChI=1S/C11H15F3N2O3/c1-10(2,3)7(17)4-9-15-8(16-19-9)5-18-6-11(12,13)14/h4-6H2,1-3H3. The van der Waals surface area contributed by atoms with Crippen molar-refractivity contribution in [2.45, 2.75) is 40.0 Å². The average Bonchev–Trinajstić information content (AvgIpc) is 2.62. The van der Waals surface area contributed by atoms with Gasteiger partial charge in [-0.2, -0.15) is 18.2 Å². The van der Waals surface area contributed by atoms with E-state index >= 15 is 0 Å². The van der Waals surface area contributed by atoms with Gasteiger partial charge in [0.1, 0.15) is 19.0 Å². The van der Waals surface area contributed by atoms with E-state index in [9.17, 15) is 18.0 Å². The molecule has 108 valence electrons. The van der Waals surface area contributed by atoms with E-state index in [1.165, 1.54) is 0 Å². The van der Waals surface area contributed by atoms with Crippen LogP contribution in [0.15, 0.2) is 4.52 Å². The van der Waals surface area contributed by atoms with Crippen LogP contribution in [-0.2, 0) is 22.6 Å². The van der Waals surface area contributed by atoms with Crippen LogP contribution in [0.25, 0.3) is 0 Å². The molecule has 0 aliphatic heterocycles. The summed E-state index contributed by atoms with van der Waals surface area (Å²) in [6.45, 7) is 3.46. The van der Waals surface area contributed by atoms with Gasteiger partial charge in [-0.1, -0.05) is 25.9 Å². The van der Waals surface area contributed by atoms with Gasteiger partial charge in [-0.15, -0.1) is 0 Å². The summed E-state index contributed by atoms with van der Waals surface area (Å²) >= 11 is 0. The lowest BCUT2D eigenvalue weighted by molar-refractivity contribution is -0.177. The minimum Gasteiger partial charge on any atom is -0.364 e. The summed E-state index contributed by atoms with van der Waals surface area (Å²) in [5.74, 6) is -0.0367. The van der Waals surface area contributed by atoms with Crippen molar-refractivity contribution in [2.75, 3.05) is 6.61 Å². The predicted molar refractivity (Wildman–Crippen MR) is 58.2 cm³/mol. The minimum atomic E-state index is -4.39. The van der Waals surface area contributed by atoms with Gasteiger partial charge in [0.25, 0.3) is 0 Å². The summed E-state index contributed by atoms with van der Waals surface area (Å²) < 4.78 is 44.6. The number of carbonyl (C=O) groups excluding carboxylic acids is 1. The van der Waals surface area contributed by atoms with Crippen molar-refractivity contribution in [3.8, 4) is 0 Å². The van der Waals surface area contributed by atoms with Crippen LogP contribution in [0.3, 0.4) is 0 Å². The summed E-state index contributed by atoms with van der Waals surface area (Å²) in [4.78, 5) is 15.5. The zero-order valence-electron chi connectivity index (χ0n) is 10.9. The van der Waals surface area contributed by atoms with Crippen molar-refractivity contribution < 1.29 is 27.2 Å². The summed E-state index contributed by atoms with van der Waals surface area (Å²) in [6.07, 6.45) is -4.44. The van der Waals surface area contributed by atoms with Crippen molar-refractivity contribution in [3.63, 3.8) is 0 Å². The Kier molecular flexibility index (Phi) is 4.67. The Balaban J connectivity index is 2.47. The van der Waals surface area contributed by atoms with E-state index < -0.39 is 24.8 Å². The molecule has 0 fully saturated rings. The van der Waals surface area contributed by atoms with Crippen LogP contribution in [0.4, 0.5) is 13.2 Å². The average molecular weight is 280 g/mol. The number of Topliss-reactive ketones (excluding diaryl/α,β-unsaturated/α-hetero) is 1. The van der Waals surface area contributed by atoms with Crippen molar-refractivity contribution >= 4 is 5.78 Å². The molecule has 1 heterocycles. The molecule has 19 heavy (non-hydrogen) atoms. The lowest BCUT2D eigenvalue weighted by Gasteiger charge is -2.14. The molecule has 0 aliphatic rings. The highest BCUT2D eigenvalue weighted by molar-refractivity contribution is 5.84. The molecule has 0 amide bonds. The van der Waals surface area contributed by atoms with E-state index in [0.717, 1.165) is 0 Å². The molecule has 5 nitrogen and oxygen atoms in total. The molecule has 0 saturated heterocycles. The van der Waals surface area contributed by atoms with Gasteiger partial charge in [-0.05, 0) is 0 Å². The van der Waals surface area contributed by atoms with Gasteiger partial charge in [0.05, 0.1) is 6.42 Å². The number of alkyl halides is 3. The first-order chi connectivity index (χ1) is 8.58. The highest BCUT2D eigenvalue weighted by Crippen LogP contribution is 2.18. The van der Waals surface area contributed by atoms with Gasteiger partial charge in [-0.3, -0.25) is 4.79 Å². The molecule has 0 aromatic carbocycles. The molecule has 0 spiro atoms. The van der Waals surface area contributed by atoms with Gasteiger partial charge in [0.15, 0.2) is 5.82 Å². The van der Waals surface area contributed by atoms with Crippen molar-refractivity contribution in [1.29, 1.82) is 0 Å². The normalized spacial score (nSPS) is 12.7. The lowest BCUT2D eigenvalue weighted by atomic mass is 9.89. The predicted octanol–water partition coefficient (Wildman–Crippen LogP) is 2.31. The first-order valence-corrected chi connectivity index (χ1v) is 5.57. The molecule has 0 unspecified atom stereocenters. The van der Waals surface area contributed by atoms with E-state index in [1.54, 1.807) is 20.8 Å². The van der Waals surface area contributed by atoms with Gasteiger partial charge >= 0.3 is 6.18 Å². The SMILES string of the molecule is CC(C)(C)C(=O)Cc1nc(COCC(F)(F)F)no1. The van der Waals surface area contributed by atoms with E-state index in [1.807, 2.05) is 0 Å². The molecule has 0 bridgehead atoms. The third-order valence-corrected chi connectivity index (χ3v) is 2.16. The maximum atomic E-state index is 11.8. The molecule has 0 atom stereocenters. The van der Waals surface area contributed by atoms with Crippen LogP contribution in [0.5, 0.6) is 0 Å². The van der Waals surface area contributed by atoms with Crippen molar-refractivity contribution in [3.05, 3.63) is 11.7 Å². The molecule has 1 aromatic rings. The monoisotopic (exact) mass is 280 g/mol. The van der Waals surface area contributed by atoms with Crippen molar-refractivity contribution in [1.82, 2.24) is 10.1 Å². The number of ketones is 1. The number of rotatable bonds is 5. The highest BCUT2D eigenvalue weighted by atomic mass is 19.4. The van der Waals surface area contributed by atoms with Crippen LogP contribution >= 0.6 is 0 Å². The first-order valence-electron chi connectivity index (χ1n) is 5.57. The fourth-order valence-electron chi connectivity index (χ4n) is 1.08. The van der Waals surface area contributed by atoms with Crippen LogP contribution in [0.1, 0.15) is 32.5 Å². The summed E-state index contributed by atoms with van der Waals surface area (Å²) in [5.41, 5.74) is -0.540. The maximum Gasteiger partial charge on any atom is 0.411 e. The number of halogens is 3. The third kappa shape index (κ3) is 5.82. The lowest BCUT2D eigenvalue weighted by Crippen LogP contribution is -2.22. The van der Waals surface area contributed by atoms with Crippen LogP contribution in [0.2, 0.25) is 0 Å². The fraction of sp³-hybridized carbons (Fsp3) is 0.727. The molecule has 0 radical (unpaired) electrons. The van der Waals surface area contributed by atoms with Crippen LogP contribution in [0, 0.1) is 5.41 Å². The topological polar surface area (TPSA) is 65.2 Å². The largest absolute Gasteiger partial charge is 0.411 e. The van der Waals surface area contributed by atoms with Gasteiger partial charge in [0.2, 0.25) is 5.89 Å². The van der Waals surface area contributed by atoms with Crippen LogP contribution < -0.4 is 0 Å². The number of ether oxygens (including phenoxy) is 1. The fourth-order valence-corrected chi connectivity index (χ4v) is 1.08. The molecule has 1 aromatic heterocycles. The van der Waals surface area contributed by atoms with E-state index in [0.29, 0.717) is 0 Å². The van der Waals surface area contributed by atoms with E-state index in [4.69, 9.17) is 4.52 Å². The number of hydrogen-bond acceptors (Lipinski definition) is 5. The molecule has 0 N–H and O–H groups in total. The zero-order valence-corrected chi connectivity index (χ0v) is 10.9. The second-order valence-electron chi connectivity index (χ2n) is 5.06. The summed E-state index contributed by atoms with van der Waals surface area (Å²) in [5, 5.41) is 3.44. The quantitative estimate of drug-likeness (QED) is 0.828. The molecular formula is C11H15F3N2O3. The maximum absolute atomic E-state index is 11.8. The molecule has 0 aliphatic carbocycles. The smallest absolute Gasteiger partial charge is 0.364 e. The van der Waals surface area contributed by atoms with Crippen LogP contribution in [-0.4, -0.2) is 28.7 Å². The minimum absolute atomic E-state index is 0.0130. The van der Waals surface area contributed by atoms with E-state index in [2.05, 4.69) is 14.9 Å². The number of carbonyl (C=O) groups is 1.